The first-order chi connectivity index (χ1) is 14.8. The average Bonchev–Trinajstić information content (AvgIpc) is 2.77. The third-order valence-electron chi connectivity index (χ3n) is 4.52. The summed E-state index contributed by atoms with van der Waals surface area (Å²) >= 11 is 0. The van der Waals surface area contributed by atoms with Crippen molar-refractivity contribution in [2.75, 3.05) is 5.32 Å². The van der Waals surface area contributed by atoms with Gasteiger partial charge in [0.1, 0.15) is 0 Å². The Balaban J connectivity index is 1.79. The minimum absolute atomic E-state index is 0.246. The molecule has 1 amide bonds. The van der Waals surface area contributed by atoms with E-state index < -0.39 is 11.7 Å². The highest BCUT2D eigenvalue weighted by molar-refractivity contribution is 6.07. The normalized spacial score (nSPS) is 11.3. The molecule has 3 aromatic carbocycles. The number of anilines is 1. The lowest BCUT2D eigenvalue weighted by atomic mass is 9.97. The zero-order valence-corrected chi connectivity index (χ0v) is 16.3. The van der Waals surface area contributed by atoms with Crippen molar-refractivity contribution in [2.24, 2.45) is 0 Å². The lowest BCUT2D eigenvalue weighted by Gasteiger charge is -2.09. The van der Waals surface area contributed by atoms with E-state index in [2.05, 4.69) is 11.9 Å². The summed E-state index contributed by atoms with van der Waals surface area (Å²) in [6, 6.07) is 18.4. The number of allylic oxidation sites excluding steroid dienone is 1. The first kappa shape index (κ1) is 21.8. The van der Waals surface area contributed by atoms with Crippen molar-refractivity contribution in [3.63, 3.8) is 0 Å². The maximum Gasteiger partial charge on any atom is 0.416 e. The van der Waals surface area contributed by atoms with Gasteiger partial charge in [-0.25, -0.2) is 0 Å². The zero-order valence-electron chi connectivity index (χ0n) is 16.3. The van der Waals surface area contributed by atoms with Crippen LogP contribution in [0.4, 0.5) is 18.9 Å². The molecule has 3 nitrogen and oxygen atoms in total. The Hall–Kier alpha value is -3.93. The van der Waals surface area contributed by atoms with E-state index in [1.165, 1.54) is 18.2 Å². The van der Waals surface area contributed by atoms with Gasteiger partial charge < -0.3 is 5.32 Å². The summed E-state index contributed by atoms with van der Waals surface area (Å²) in [6.45, 7) is 3.37. The van der Waals surface area contributed by atoms with Crippen LogP contribution >= 0.6 is 0 Å². The molecule has 6 heteroatoms. The number of amides is 1. The molecule has 0 saturated heterocycles. The minimum atomic E-state index is -4.39. The fraction of sp³-hybridized carbons (Fsp3) is 0.0400. The van der Waals surface area contributed by atoms with Crippen molar-refractivity contribution < 1.29 is 22.8 Å². The molecule has 1 N–H and O–H groups in total. The van der Waals surface area contributed by atoms with Gasteiger partial charge in [0.2, 0.25) is 5.91 Å². The smallest absolute Gasteiger partial charge is 0.323 e. The number of halogens is 3. The molecule has 0 heterocycles. The van der Waals surface area contributed by atoms with Crippen LogP contribution in [0, 0.1) is 0 Å². The molecule has 31 heavy (non-hydrogen) atoms. The summed E-state index contributed by atoms with van der Waals surface area (Å²) in [5.74, 6) is -0.595. The fourth-order valence-corrected chi connectivity index (χ4v) is 2.92. The van der Waals surface area contributed by atoms with E-state index >= 15 is 0 Å². The minimum Gasteiger partial charge on any atom is -0.323 e. The molecule has 156 valence electrons. The van der Waals surface area contributed by atoms with Crippen molar-refractivity contribution >= 4 is 23.5 Å². The summed E-state index contributed by atoms with van der Waals surface area (Å²) in [5.41, 5.74) is 2.28. The molecular weight excluding hydrogens is 403 g/mol. The summed E-state index contributed by atoms with van der Waals surface area (Å²) in [4.78, 5) is 23.8. The Labute approximate surface area is 177 Å². The summed E-state index contributed by atoms with van der Waals surface area (Å²) < 4.78 is 38.4. The van der Waals surface area contributed by atoms with E-state index in [9.17, 15) is 22.8 Å². The third-order valence-corrected chi connectivity index (χ3v) is 4.52. The second kappa shape index (κ2) is 9.26. The average molecular weight is 421 g/mol. The number of alkyl halides is 3. The third kappa shape index (κ3) is 5.57. The number of hydrogen-bond acceptors (Lipinski definition) is 2. The molecule has 0 radical (unpaired) electrons. The zero-order chi connectivity index (χ0) is 22.4. The molecule has 0 fully saturated rings. The van der Waals surface area contributed by atoms with Crippen LogP contribution < -0.4 is 5.32 Å². The Morgan fingerprint density at radius 1 is 0.871 bits per heavy atom. The molecular formula is C25H18F3NO2. The second-order valence-corrected chi connectivity index (χ2v) is 6.63. The van der Waals surface area contributed by atoms with Crippen molar-refractivity contribution in [1.29, 1.82) is 0 Å². The lowest BCUT2D eigenvalue weighted by molar-refractivity contribution is -0.137. The fourth-order valence-electron chi connectivity index (χ4n) is 2.92. The molecule has 0 atom stereocenters. The Kier molecular flexibility index (Phi) is 6.50. The number of carbonyl (C=O) groups is 2. The first-order valence-electron chi connectivity index (χ1n) is 9.30. The molecule has 0 aliphatic rings. The van der Waals surface area contributed by atoms with Crippen molar-refractivity contribution in [3.8, 4) is 11.1 Å². The predicted molar refractivity (Wildman–Crippen MR) is 116 cm³/mol. The maximum absolute atomic E-state index is 12.8. The van der Waals surface area contributed by atoms with Crippen molar-refractivity contribution in [3.05, 3.63) is 108 Å². The van der Waals surface area contributed by atoms with Gasteiger partial charge in [0.25, 0.3) is 0 Å². The first-order valence-corrected chi connectivity index (χ1v) is 9.30. The van der Waals surface area contributed by atoms with Crippen molar-refractivity contribution in [2.45, 2.75) is 6.18 Å². The summed E-state index contributed by atoms with van der Waals surface area (Å²) in [7, 11) is 0. The van der Waals surface area contributed by atoms with Gasteiger partial charge in [-0.3, -0.25) is 9.59 Å². The predicted octanol–water partition coefficient (Wildman–Crippen LogP) is 6.39. The highest BCUT2D eigenvalue weighted by Gasteiger charge is 2.30. The highest BCUT2D eigenvalue weighted by atomic mass is 19.4. The van der Waals surface area contributed by atoms with E-state index in [1.54, 1.807) is 54.6 Å². The van der Waals surface area contributed by atoms with Gasteiger partial charge in [0.15, 0.2) is 5.78 Å². The molecule has 0 spiro atoms. The van der Waals surface area contributed by atoms with Crippen LogP contribution in [0.5, 0.6) is 0 Å². The molecule has 3 rings (SSSR count). The molecule has 0 aliphatic carbocycles. The van der Waals surface area contributed by atoms with Crippen LogP contribution in [-0.2, 0) is 11.0 Å². The Bertz CT molecular complexity index is 1130. The summed E-state index contributed by atoms with van der Waals surface area (Å²) in [6.07, 6.45) is -0.215. The summed E-state index contributed by atoms with van der Waals surface area (Å²) in [5, 5.41) is 2.60. The lowest BCUT2D eigenvalue weighted by Crippen LogP contribution is -2.07. The van der Waals surface area contributed by atoms with Gasteiger partial charge in [-0.2, -0.15) is 13.2 Å². The van der Waals surface area contributed by atoms with Gasteiger partial charge in [-0.1, -0.05) is 49.1 Å². The van der Waals surface area contributed by atoms with Crippen LogP contribution in [0.25, 0.3) is 17.2 Å². The molecule has 0 saturated carbocycles. The number of rotatable bonds is 6. The van der Waals surface area contributed by atoms with E-state index in [1.807, 2.05) is 0 Å². The molecule has 0 bridgehead atoms. The largest absolute Gasteiger partial charge is 0.416 e. The van der Waals surface area contributed by atoms with Crippen LogP contribution in [0.15, 0.2) is 91.5 Å². The van der Waals surface area contributed by atoms with Crippen LogP contribution in [0.3, 0.4) is 0 Å². The van der Waals surface area contributed by atoms with Gasteiger partial charge >= 0.3 is 6.18 Å². The Morgan fingerprint density at radius 3 is 2.13 bits per heavy atom. The van der Waals surface area contributed by atoms with E-state index in [0.29, 0.717) is 27.9 Å². The molecule has 0 aliphatic heterocycles. The van der Waals surface area contributed by atoms with Crippen LogP contribution in [0.1, 0.15) is 21.5 Å². The molecule has 0 aromatic heterocycles. The van der Waals surface area contributed by atoms with Crippen LogP contribution in [0.2, 0.25) is 0 Å². The quantitative estimate of drug-likeness (QED) is 0.370. The van der Waals surface area contributed by atoms with E-state index in [-0.39, 0.29) is 11.7 Å². The number of hydrogen-bond donors (Lipinski definition) is 1. The van der Waals surface area contributed by atoms with Crippen molar-refractivity contribution in [1.82, 2.24) is 0 Å². The molecule has 3 aromatic rings. The van der Waals surface area contributed by atoms with Gasteiger partial charge in [0, 0.05) is 11.3 Å². The molecule has 0 unspecified atom stereocenters. The number of benzene rings is 3. The van der Waals surface area contributed by atoms with Crippen LogP contribution in [-0.4, -0.2) is 11.7 Å². The number of nitrogens with one attached hydrogen (secondary N) is 1. The number of carbonyl (C=O) groups excluding carboxylic acids is 2. The number of ketones is 1. The van der Waals surface area contributed by atoms with Gasteiger partial charge in [0.05, 0.1) is 5.56 Å². The maximum atomic E-state index is 12.8. The topological polar surface area (TPSA) is 46.2 Å². The monoisotopic (exact) mass is 421 g/mol. The Morgan fingerprint density at radius 2 is 1.52 bits per heavy atom. The highest BCUT2D eigenvalue weighted by Crippen LogP contribution is 2.32. The standard InChI is InChI=1S/C25H18F3NO2/c1-2-24(31)29-21-14-9-19(10-15-21)23(30)16-11-17-5-3-4-6-22(17)18-7-12-20(13-8-18)25(26,27)28/h2-16H,1H2,(H,29,31)/b16-11+. The van der Waals surface area contributed by atoms with E-state index in [0.717, 1.165) is 18.2 Å². The SMILES string of the molecule is C=CC(=O)Nc1ccc(C(=O)/C=C/c2ccccc2-c2ccc(C(F)(F)F)cc2)cc1. The van der Waals surface area contributed by atoms with Gasteiger partial charge in [-0.15, -0.1) is 0 Å². The van der Waals surface area contributed by atoms with E-state index in [4.69, 9.17) is 0 Å². The second-order valence-electron chi connectivity index (χ2n) is 6.63. The van der Waals surface area contributed by atoms with Gasteiger partial charge in [-0.05, 0) is 65.2 Å².